The molecular weight excluding hydrogens is 232 g/mol. The van der Waals surface area contributed by atoms with Crippen LogP contribution in [0, 0.1) is 28.6 Å². The van der Waals surface area contributed by atoms with Crippen molar-refractivity contribution in [2.24, 2.45) is 28.6 Å². The van der Waals surface area contributed by atoms with E-state index in [1.807, 2.05) is 0 Å². The summed E-state index contributed by atoms with van der Waals surface area (Å²) >= 11 is 0. The van der Waals surface area contributed by atoms with Gasteiger partial charge in [-0.3, -0.25) is 9.59 Å². The van der Waals surface area contributed by atoms with E-state index in [0.29, 0.717) is 18.8 Å². The minimum absolute atomic E-state index is 0.202. The fourth-order valence-corrected chi connectivity index (χ4v) is 4.40. The van der Waals surface area contributed by atoms with Crippen LogP contribution in [-0.2, 0) is 9.59 Å². The van der Waals surface area contributed by atoms with E-state index in [1.165, 1.54) is 0 Å². The van der Waals surface area contributed by atoms with Crippen LogP contribution in [-0.4, -0.2) is 22.2 Å². The average Bonchev–Trinajstić information content (AvgIpc) is 2.56. The van der Waals surface area contributed by atoms with Crippen molar-refractivity contribution in [3.05, 3.63) is 0 Å². The van der Waals surface area contributed by atoms with Crippen LogP contribution in [0.3, 0.4) is 0 Å². The largest absolute Gasteiger partial charge is 0.480 e. The first-order chi connectivity index (χ1) is 8.18. The predicted octanol–water partition coefficient (Wildman–Crippen LogP) is 2.62. The van der Waals surface area contributed by atoms with Gasteiger partial charge >= 0.3 is 11.9 Å². The van der Waals surface area contributed by atoms with Crippen LogP contribution in [0.5, 0.6) is 0 Å². The molecule has 102 valence electrons. The second-order valence-corrected chi connectivity index (χ2v) is 7.07. The molecule has 18 heavy (non-hydrogen) atoms. The Labute approximate surface area is 107 Å². The van der Waals surface area contributed by atoms with Gasteiger partial charge < -0.3 is 10.2 Å². The first-order valence-corrected chi connectivity index (χ1v) is 6.65. The smallest absolute Gasteiger partial charge is 0.321 e. The number of carboxylic acid groups (broad SMARTS) is 2. The number of fused-ring (bicyclic) bond motifs is 1. The molecule has 4 heteroatoms. The number of rotatable bonds is 2. The number of hydrogen-bond donors (Lipinski definition) is 2. The molecule has 0 spiro atoms. The van der Waals surface area contributed by atoms with Crippen molar-refractivity contribution >= 4 is 11.9 Å². The van der Waals surface area contributed by atoms with Crippen molar-refractivity contribution < 1.29 is 19.8 Å². The highest BCUT2D eigenvalue weighted by Gasteiger charge is 2.59. The zero-order valence-electron chi connectivity index (χ0n) is 11.3. The lowest BCUT2D eigenvalue weighted by Gasteiger charge is -2.41. The highest BCUT2D eigenvalue weighted by molar-refractivity contribution is 5.98. The molecule has 0 bridgehead atoms. The highest BCUT2D eigenvalue weighted by Crippen LogP contribution is 2.57. The van der Waals surface area contributed by atoms with Gasteiger partial charge in [0.1, 0.15) is 0 Å². The number of hydrogen-bond acceptors (Lipinski definition) is 2. The molecule has 4 nitrogen and oxygen atoms in total. The first-order valence-electron chi connectivity index (χ1n) is 6.65. The third-order valence-corrected chi connectivity index (χ3v) is 5.04. The van der Waals surface area contributed by atoms with Crippen molar-refractivity contribution in [2.45, 2.75) is 46.5 Å². The van der Waals surface area contributed by atoms with E-state index in [2.05, 4.69) is 20.8 Å². The molecular formula is C14H22O4. The van der Waals surface area contributed by atoms with Gasteiger partial charge in [-0.15, -0.1) is 0 Å². The topological polar surface area (TPSA) is 74.6 Å². The van der Waals surface area contributed by atoms with E-state index in [9.17, 15) is 19.8 Å². The molecule has 0 amide bonds. The zero-order chi connectivity index (χ0) is 13.7. The van der Waals surface area contributed by atoms with E-state index in [0.717, 1.165) is 12.8 Å². The van der Waals surface area contributed by atoms with Crippen LogP contribution >= 0.6 is 0 Å². The summed E-state index contributed by atoms with van der Waals surface area (Å²) in [5.41, 5.74) is -1.34. The monoisotopic (exact) mass is 254 g/mol. The average molecular weight is 254 g/mol. The van der Waals surface area contributed by atoms with Crippen LogP contribution in [0.1, 0.15) is 46.5 Å². The summed E-state index contributed by atoms with van der Waals surface area (Å²) < 4.78 is 0. The van der Waals surface area contributed by atoms with E-state index >= 15 is 0 Å². The van der Waals surface area contributed by atoms with Gasteiger partial charge in [-0.2, -0.15) is 0 Å². The SMILES string of the molecule is CC1CC(C)(C)CC2CC(C(=O)O)(C(=O)O)CC12. The number of aliphatic carboxylic acids is 2. The Balaban J connectivity index is 2.29. The molecule has 2 saturated carbocycles. The summed E-state index contributed by atoms with van der Waals surface area (Å²) in [7, 11) is 0. The third kappa shape index (κ3) is 1.91. The maximum absolute atomic E-state index is 11.4. The van der Waals surface area contributed by atoms with E-state index in [-0.39, 0.29) is 17.3 Å². The summed E-state index contributed by atoms with van der Waals surface area (Å²) in [6.07, 6.45) is 2.61. The van der Waals surface area contributed by atoms with Gasteiger partial charge in [-0.1, -0.05) is 20.8 Å². The predicted molar refractivity (Wildman–Crippen MR) is 66.1 cm³/mol. The zero-order valence-corrected chi connectivity index (χ0v) is 11.3. The van der Waals surface area contributed by atoms with E-state index in [4.69, 9.17) is 0 Å². The van der Waals surface area contributed by atoms with Gasteiger partial charge in [0.05, 0.1) is 0 Å². The van der Waals surface area contributed by atoms with E-state index < -0.39 is 17.4 Å². The van der Waals surface area contributed by atoms with Gasteiger partial charge in [0.25, 0.3) is 0 Å². The van der Waals surface area contributed by atoms with Crippen LogP contribution in [0.2, 0.25) is 0 Å². The second kappa shape index (κ2) is 3.97. The Morgan fingerprint density at radius 2 is 1.56 bits per heavy atom. The summed E-state index contributed by atoms with van der Waals surface area (Å²) in [6.45, 7) is 6.53. The Bertz CT molecular complexity index is 371. The van der Waals surface area contributed by atoms with Gasteiger partial charge in [0, 0.05) is 0 Å². The standard InChI is InChI=1S/C14H22O4/c1-8-4-13(2,3)5-9-6-14(11(15)16,12(17)18)7-10(8)9/h8-10H,4-7H2,1-3H3,(H,15,16)(H,17,18). The Hall–Kier alpha value is -1.06. The molecule has 2 aliphatic carbocycles. The molecule has 0 heterocycles. The molecule has 2 rings (SSSR count). The summed E-state index contributed by atoms with van der Waals surface area (Å²) in [6, 6.07) is 0. The molecule has 0 radical (unpaired) electrons. The van der Waals surface area contributed by atoms with Crippen LogP contribution < -0.4 is 0 Å². The first kappa shape index (κ1) is 13.4. The molecule has 0 aromatic heterocycles. The molecule has 0 aromatic rings. The number of carboxylic acids is 2. The third-order valence-electron chi connectivity index (χ3n) is 5.04. The molecule has 2 fully saturated rings. The van der Waals surface area contributed by atoms with Gasteiger partial charge in [-0.25, -0.2) is 0 Å². The Morgan fingerprint density at radius 3 is 2.06 bits per heavy atom. The minimum Gasteiger partial charge on any atom is -0.480 e. The van der Waals surface area contributed by atoms with Crippen molar-refractivity contribution in [1.82, 2.24) is 0 Å². The second-order valence-electron chi connectivity index (χ2n) is 7.07. The molecule has 0 aromatic carbocycles. The molecule has 3 atom stereocenters. The fourth-order valence-electron chi connectivity index (χ4n) is 4.40. The molecule has 2 aliphatic rings. The lowest BCUT2D eigenvalue weighted by molar-refractivity contribution is -0.164. The lowest BCUT2D eigenvalue weighted by Crippen LogP contribution is -2.37. The summed E-state index contributed by atoms with van der Waals surface area (Å²) in [4.78, 5) is 22.8. The Morgan fingerprint density at radius 1 is 1.00 bits per heavy atom. The van der Waals surface area contributed by atoms with Crippen LogP contribution in [0.4, 0.5) is 0 Å². The summed E-state index contributed by atoms with van der Waals surface area (Å²) in [5, 5.41) is 18.6. The van der Waals surface area contributed by atoms with Crippen molar-refractivity contribution in [3.8, 4) is 0 Å². The quantitative estimate of drug-likeness (QED) is 0.743. The van der Waals surface area contributed by atoms with Crippen molar-refractivity contribution in [1.29, 1.82) is 0 Å². The molecule has 3 unspecified atom stereocenters. The van der Waals surface area contributed by atoms with E-state index in [1.54, 1.807) is 0 Å². The van der Waals surface area contributed by atoms with Crippen LogP contribution in [0.25, 0.3) is 0 Å². The van der Waals surface area contributed by atoms with Crippen LogP contribution in [0.15, 0.2) is 0 Å². The number of carbonyl (C=O) groups is 2. The van der Waals surface area contributed by atoms with Crippen molar-refractivity contribution in [2.75, 3.05) is 0 Å². The fraction of sp³-hybridized carbons (Fsp3) is 0.857. The molecule has 2 N–H and O–H groups in total. The summed E-state index contributed by atoms with van der Waals surface area (Å²) in [5.74, 6) is -1.40. The van der Waals surface area contributed by atoms with Gasteiger partial charge in [0.15, 0.2) is 5.41 Å². The maximum atomic E-state index is 11.4. The van der Waals surface area contributed by atoms with Crippen molar-refractivity contribution in [3.63, 3.8) is 0 Å². The van der Waals surface area contributed by atoms with Gasteiger partial charge in [-0.05, 0) is 48.9 Å². The molecule has 0 aliphatic heterocycles. The molecule has 0 saturated heterocycles. The minimum atomic E-state index is -1.54. The highest BCUT2D eigenvalue weighted by atomic mass is 16.4. The lowest BCUT2D eigenvalue weighted by atomic mass is 9.64. The van der Waals surface area contributed by atoms with Gasteiger partial charge in [0.2, 0.25) is 0 Å². The maximum Gasteiger partial charge on any atom is 0.321 e. The normalized spacial score (nSPS) is 36.9. The Kier molecular flexibility index (Phi) is 2.95.